The largest absolute Gasteiger partial charge is 0.494 e. The molecule has 0 aliphatic carbocycles. The van der Waals surface area contributed by atoms with Crippen molar-refractivity contribution in [3.05, 3.63) is 47.9 Å². The minimum atomic E-state index is -1.89. The lowest BCUT2D eigenvalue weighted by Gasteiger charge is -2.36. The summed E-state index contributed by atoms with van der Waals surface area (Å²) in [4.78, 5) is 4.65. The van der Waals surface area contributed by atoms with Crippen LogP contribution in [0.25, 0.3) is 0 Å². The fraction of sp³-hybridized carbons (Fsp3) is 0.421. The SMILES string of the molecule is COc1cccc(CO[Si](C)(C)C(C)(C)C)c1N=C(NN)c1ccco1. The van der Waals surface area contributed by atoms with Crippen LogP contribution in [-0.4, -0.2) is 21.3 Å². The number of nitrogens with zero attached hydrogens (tertiary/aromatic N) is 1. The quantitative estimate of drug-likeness (QED) is 0.258. The highest BCUT2D eigenvalue weighted by molar-refractivity contribution is 6.74. The molecule has 0 spiro atoms. The van der Waals surface area contributed by atoms with Crippen LogP contribution in [0.1, 0.15) is 32.1 Å². The van der Waals surface area contributed by atoms with E-state index in [4.69, 9.17) is 19.4 Å². The average Bonchev–Trinajstić information content (AvgIpc) is 3.11. The second-order valence-corrected chi connectivity index (χ2v) is 12.4. The third-order valence-corrected chi connectivity index (χ3v) is 9.29. The van der Waals surface area contributed by atoms with Crippen molar-refractivity contribution in [2.75, 3.05) is 7.11 Å². The summed E-state index contributed by atoms with van der Waals surface area (Å²) in [5.41, 5.74) is 4.21. The smallest absolute Gasteiger partial charge is 0.192 e. The highest BCUT2D eigenvalue weighted by Gasteiger charge is 2.37. The van der Waals surface area contributed by atoms with Crippen molar-refractivity contribution in [1.29, 1.82) is 0 Å². The van der Waals surface area contributed by atoms with E-state index in [1.54, 1.807) is 25.5 Å². The lowest BCUT2D eigenvalue weighted by atomic mass is 10.1. The van der Waals surface area contributed by atoms with Crippen molar-refractivity contribution in [1.82, 2.24) is 5.43 Å². The van der Waals surface area contributed by atoms with E-state index in [0.29, 0.717) is 29.6 Å². The molecule has 2 aromatic rings. The highest BCUT2D eigenvalue weighted by Crippen LogP contribution is 2.39. The number of ether oxygens (including phenoxy) is 1. The van der Waals surface area contributed by atoms with E-state index in [0.717, 1.165) is 5.56 Å². The molecule has 0 unspecified atom stereocenters. The summed E-state index contributed by atoms with van der Waals surface area (Å²) in [6.07, 6.45) is 1.58. The van der Waals surface area contributed by atoms with Gasteiger partial charge in [-0.3, -0.25) is 0 Å². The number of aliphatic imine (C=N–C) groups is 1. The van der Waals surface area contributed by atoms with Gasteiger partial charge < -0.3 is 19.0 Å². The zero-order valence-electron chi connectivity index (χ0n) is 16.4. The van der Waals surface area contributed by atoms with Crippen molar-refractivity contribution < 1.29 is 13.6 Å². The Morgan fingerprint density at radius 1 is 1.23 bits per heavy atom. The number of furan rings is 1. The highest BCUT2D eigenvalue weighted by atomic mass is 28.4. The Balaban J connectivity index is 2.40. The van der Waals surface area contributed by atoms with Gasteiger partial charge in [-0.2, -0.15) is 0 Å². The molecule has 1 heterocycles. The van der Waals surface area contributed by atoms with E-state index in [1.165, 1.54) is 0 Å². The average molecular weight is 376 g/mol. The van der Waals surface area contributed by atoms with Crippen LogP contribution in [-0.2, 0) is 11.0 Å². The molecule has 0 atom stereocenters. The molecule has 0 saturated heterocycles. The van der Waals surface area contributed by atoms with Gasteiger partial charge in [0.2, 0.25) is 0 Å². The Bertz CT molecular complexity index is 750. The first-order chi connectivity index (χ1) is 12.2. The van der Waals surface area contributed by atoms with Crippen molar-refractivity contribution in [2.45, 2.75) is 45.5 Å². The predicted molar refractivity (Wildman–Crippen MR) is 107 cm³/mol. The maximum atomic E-state index is 6.37. The number of hydrogen-bond donors (Lipinski definition) is 2. The van der Waals surface area contributed by atoms with Gasteiger partial charge in [0.15, 0.2) is 19.9 Å². The number of rotatable bonds is 6. The van der Waals surface area contributed by atoms with Gasteiger partial charge >= 0.3 is 0 Å². The molecule has 0 radical (unpaired) electrons. The molecule has 26 heavy (non-hydrogen) atoms. The number of benzene rings is 1. The minimum absolute atomic E-state index is 0.132. The molecule has 0 aliphatic rings. The topological polar surface area (TPSA) is 82.0 Å². The lowest BCUT2D eigenvalue weighted by Crippen LogP contribution is -2.40. The molecule has 142 valence electrons. The maximum Gasteiger partial charge on any atom is 0.192 e. The van der Waals surface area contributed by atoms with Crippen LogP contribution in [0.2, 0.25) is 18.1 Å². The third kappa shape index (κ3) is 4.54. The monoisotopic (exact) mass is 375 g/mol. The molecule has 2 rings (SSSR count). The standard InChI is InChI=1S/C19H29N3O3Si/c1-19(2,3)26(5,6)25-13-14-9-7-10-15(23-4)17(14)21-18(22-20)16-11-8-12-24-16/h7-12H,13,20H2,1-6H3,(H,21,22). The van der Waals surface area contributed by atoms with Crippen molar-refractivity contribution in [2.24, 2.45) is 10.8 Å². The number of nitrogens with one attached hydrogen (secondary N) is 1. The Morgan fingerprint density at radius 2 is 1.96 bits per heavy atom. The first-order valence-electron chi connectivity index (χ1n) is 8.58. The number of hydrogen-bond acceptors (Lipinski definition) is 5. The second-order valence-electron chi connectivity index (χ2n) is 7.60. The van der Waals surface area contributed by atoms with Crippen LogP contribution in [0.5, 0.6) is 5.75 Å². The molecule has 3 N–H and O–H groups in total. The summed E-state index contributed by atoms with van der Waals surface area (Å²) < 4.78 is 17.3. The zero-order valence-corrected chi connectivity index (χ0v) is 17.4. The Kier molecular flexibility index (Phi) is 6.28. The Morgan fingerprint density at radius 3 is 2.50 bits per heavy atom. The van der Waals surface area contributed by atoms with Crippen LogP contribution in [0.3, 0.4) is 0 Å². The maximum absolute atomic E-state index is 6.37. The van der Waals surface area contributed by atoms with Gasteiger partial charge in [0, 0.05) is 5.56 Å². The van der Waals surface area contributed by atoms with Gasteiger partial charge in [0.1, 0.15) is 11.4 Å². The van der Waals surface area contributed by atoms with Crippen LogP contribution in [0, 0.1) is 0 Å². The van der Waals surface area contributed by atoms with Crippen molar-refractivity contribution in [3.8, 4) is 5.75 Å². The van der Waals surface area contributed by atoms with Gasteiger partial charge in [-0.25, -0.2) is 10.8 Å². The van der Waals surface area contributed by atoms with Gasteiger partial charge in [-0.15, -0.1) is 0 Å². The number of amidine groups is 1. The molecule has 0 fully saturated rings. The first-order valence-corrected chi connectivity index (χ1v) is 11.5. The molecule has 0 saturated carbocycles. The van der Waals surface area contributed by atoms with Gasteiger partial charge in [-0.1, -0.05) is 32.9 Å². The molecule has 1 aromatic heterocycles. The number of nitrogens with two attached hydrogens (primary N) is 1. The third-order valence-electron chi connectivity index (χ3n) is 4.81. The Hall–Kier alpha value is -2.09. The first kappa shape index (κ1) is 20.2. The van der Waals surface area contributed by atoms with E-state index in [2.05, 4.69) is 44.3 Å². The molecule has 7 heteroatoms. The number of methoxy groups -OCH3 is 1. The number of hydrazine groups is 1. The fourth-order valence-electron chi connectivity index (χ4n) is 2.13. The van der Waals surface area contributed by atoms with Crippen LogP contribution >= 0.6 is 0 Å². The van der Waals surface area contributed by atoms with Crippen molar-refractivity contribution >= 4 is 19.8 Å². The molecule has 1 aromatic carbocycles. The summed E-state index contributed by atoms with van der Waals surface area (Å²) >= 11 is 0. The van der Waals surface area contributed by atoms with E-state index in [1.807, 2.05) is 18.2 Å². The number of para-hydroxylation sites is 1. The Labute approximate surface area is 156 Å². The van der Waals surface area contributed by atoms with E-state index in [-0.39, 0.29) is 5.04 Å². The molecule has 0 amide bonds. The molecular weight excluding hydrogens is 346 g/mol. The van der Waals surface area contributed by atoms with Crippen molar-refractivity contribution in [3.63, 3.8) is 0 Å². The van der Waals surface area contributed by atoms with Crippen LogP contribution in [0.15, 0.2) is 46.0 Å². The van der Waals surface area contributed by atoms with E-state index >= 15 is 0 Å². The second kappa shape index (κ2) is 8.07. The van der Waals surface area contributed by atoms with Gasteiger partial charge in [0.05, 0.1) is 20.0 Å². The predicted octanol–water partition coefficient (Wildman–Crippen LogP) is 4.35. The van der Waals surface area contributed by atoms with E-state index in [9.17, 15) is 0 Å². The normalized spacial score (nSPS) is 13.0. The lowest BCUT2D eigenvalue weighted by molar-refractivity contribution is 0.276. The molecule has 0 bridgehead atoms. The summed E-state index contributed by atoms with van der Waals surface area (Å²) in [6.45, 7) is 11.6. The van der Waals surface area contributed by atoms with Gasteiger partial charge in [-0.05, 0) is 36.3 Å². The summed E-state index contributed by atoms with van der Waals surface area (Å²) in [7, 11) is -0.267. The fourth-order valence-corrected chi connectivity index (χ4v) is 3.08. The molecule has 6 nitrogen and oxygen atoms in total. The minimum Gasteiger partial charge on any atom is -0.494 e. The zero-order chi connectivity index (χ0) is 19.4. The van der Waals surface area contributed by atoms with Crippen LogP contribution in [0.4, 0.5) is 5.69 Å². The summed E-state index contributed by atoms with van der Waals surface area (Å²) in [6, 6.07) is 9.37. The van der Waals surface area contributed by atoms with Crippen LogP contribution < -0.4 is 16.0 Å². The molecule has 0 aliphatic heterocycles. The van der Waals surface area contributed by atoms with E-state index < -0.39 is 8.32 Å². The van der Waals surface area contributed by atoms with Gasteiger partial charge in [0.25, 0.3) is 0 Å². The summed E-state index contributed by atoms with van der Waals surface area (Å²) in [5, 5.41) is 0.132. The molecular formula is C19H29N3O3Si. The summed E-state index contributed by atoms with van der Waals surface area (Å²) in [5.74, 6) is 7.28.